The van der Waals surface area contributed by atoms with Gasteiger partial charge in [0.25, 0.3) is 5.91 Å². The summed E-state index contributed by atoms with van der Waals surface area (Å²) in [5, 5.41) is 0. The largest absolute Gasteiger partial charge is 0.378 e. The van der Waals surface area contributed by atoms with Gasteiger partial charge in [0.2, 0.25) is 0 Å². The van der Waals surface area contributed by atoms with Gasteiger partial charge in [-0.25, -0.2) is 4.39 Å². The number of nitrogens with zero attached hydrogens (tertiary/aromatic N) is 1. The number of hydrogen-bond donors (Lipinski definition) is 1. The lowest BCUT2D eigenvalue weighted by atomic mass is 10.1. The van der Waals surface area contributed by atoms with Crippen molar-refractivity contribution in [2.45, 2.75) is 6.54 Å². The first-order valence-electron chi connectivity index (χ1n) is 5.58. The Morgan fingerprint density at radius 1 is 1.41 bits per heavy atom. The Labute approximate surface area is 99.2 Å². The summed E-state index contributed by atoms with van der Waals surface area (Å²) >= 11 is 0. The van der Waals surface area contributed by atoms with Crippen LogP contribution in [-0.2, 0) is 11.3 Å². The van der Waals surface area contributed by atoms with E-state index in [9.17, 15) is 9.18 Å². The van der Waals surface area contributed by atoms with Crippen LogP contribution in [0.1, 0.15) is 15.9 Å². The summed E-state index contributed by atoms with van der Waals surface area (Å²) in [4.78, 5) is 13.7. The fourth-order valence-electron chi connectivity index (χ4n) is 1.79. The van der Waals surface area contributed by atoms with Crippen molar-refractivity contribution in [3.63, 3.8) is 0 Å². The molecule has 0 spiro atoms. The van der Waals surface area contributed by atoms with E-state index < -0.39 is 5.82 Å². The van der Waals surface area contributed by atoms with Crippen LogP contribution in [0.25, 0.3) is 0 Å². The highest BCUT2D eigenvalue weighted by molar-refractivity contribution is 5.94. The summed E-state index contributed by atoms with van der Waals surface area (Å²) in [6, 6.07) is 4.42. The van der Waals surface area contributed by atoms with Gasteiger partial charge >= 0.3 is 0 Å². The second kappa shape index (κ2) is 5.25. The molecule has 0 saturated carbocycles. The van der Waals surface area contributed by atoms with Crippen molar-refractivity contribution in [2.75, 3.05) is 26.3 Å². The van der Waals surface area contributed by atoms with Gasteiger partial charge < -0.3 is 15.4 Å². The highest BCUT2D eigenvalue weighted by Crippen LogP contribution is 2.13. The van der Waals surface area contributed by atoms with Gasteiger partial charge in [-0.05, 0) is 12.1 Å². The molecule has 0 unspecified atom stereocenters. The second-order valence-corrected chi connectivity index (χ2v) is 3.91. The monoisotopic (exact) mass is 238 g/mol. The number of hydrogen-bond acceptors (Lipinski definition) is 3. The van der Waals surface area contributed by atoms with Gasteiger partial charge in [0.05, 0.1) is 13.2 Å². The third-order valence-corrected chi connectivity index (χ3v) is 2.82. The van der Waals surface area contributed by atoms with E-state index in [-0.39, 0.29) is 12.5 Å². The minimum absolute atomic E-state index is 0.137. The minimum Gasteiger partial charge on any atom is -0.378 e. The zero-order valence-corrected chi connectivity index (χ0v) is 9.49. The smallest absolute Gasteiger partial charge is 0.254 e. The molecule has 0 bridgehead atoms. The minimum atomic E-state index is -0.424. The number of benzene rings is 1. The number of carbonyl (C=O) groups is 1. The molecule has 0 atom stereocenters. The summed E-state index contributed by atoms with van der Waals surface area (Å²) in [6.07, 6.45) is 0. The molecule has 2 rings (SSSR count). The van der Waals surface area contributed by atoms with Crippen LogP contribution in [0.4, 0.5) is 4.39 Å². The number of morpholine rings is 1. The Morgan fingerprint density at radius 2 is 2.12 bits per heavy atom. The van der Waals surface area contributed by atoms with E-state index in [0.717, 1.165) is 0 Å². The van der Waals surface area contributed by atoms with Crippen molar-refractivity contribution in [1.29, 1.82) is 0 Å². The molecular formula is C12H15FN2O2. The predicted molar refractivity (Wildman–Crippen MR) is 61.0 cm³/mol. The molecule has 1 aliphatic rings. The molecular weight excluding hydrogens is 223 g/mol. The molecule has 4 nitrogen and oxygen atoms in total. The van der Waals surface area contributed by atoms with Gasteiger partial charge in [-0.3, -0.25) is 4.79 Å². The van der Waals surface area contributed by atoms with Crippen molar-refractivity contribution in [3.8, 4) is 0 Å². The highest BCUT2D eigenvalue weighted by Gasteiger charge is 2.19. The molecule has 1 amide bonds. The lowest BCUT2D eigenvalue weighted by molar-refractivity contribution is 0.0302. The average molecular weight is 238 g/mol. The van der Waals surface area contributed by atoms with Crippen LogP contribution in [0.15, 0.2) is 18.2 Å². The van der Waals surface area contributed by atoms with Gasteiger partial charge in [0.1, 0.15) is 5.82 Å². The lowest BCUT2D eigenvalue weighted by Gasteiger charge is -2.26. The maximum atomic E-state index is 13.5. The third-order valence-electron chi connectivity index (χ3n) is 2.82. The van der Waals surface area contributed by atoms with Crippen LogP contribution in [0.2, 0.25) is 0 Å². The van der Waals surface area contributed by atoms with Crippen molar-refractivity contribution >= 4 is 5.91 Å². The molecule has 0 aliphatic carbocycles. The first kappa shape index (κ1) is 12.0. The Morgan fingerprint density at radius 3 is 2.71 bits per heavy atom. The van der Waals surface area contributed by atoms with E-state index in [2.05, 4.69) is 0 Å². The molecule has 2 N–H and O–H groups in total. The average Bonchev–Trinajstić information content (AvgIpc) is 2.39. The summed E-state index contributed by atoms with van der Waals surface area (Å²) < 4.78 is 18.7. The van der Waals surface area contributed by atoms with E-state index in [0.29, 0.717) is 37.4 Å². The zero-order chi connectivity index (χ0) is 12.3. The van der Waals surface area contributed by atoms with E-state index in [4.69, 9.17) is 10.5 Å². The molecule has 1 aromatic rings. The van der Waals surface area contributed by atoms with Gasteiger partial charge in [0, 0.05) is 30.8 Å². The van der Waals surface area contributed by atoms with Crippen molar-refractivity contribution in [1.82, 2.24) is 4.90 Å². The Balaban J connectivity index is 2.16. The Bertz CT molecular complexity index is 417. The molecule has 1 aliphatic heterocycles. The van der Waals surface area contributed by atoms with E-state index in [1.807, 2.05) is 0 Å². The van der Waals surface area contributed by atoms with Gasteiger partial charge in [0.15, 0.2) is 0 Å². The van der Waals surface area contributed by atoms with Crippen molar-refractivity contribution in [2.24, 2.45) is 5.73 Å². The van der Waals surface area contributed by atoms with E-state index in [1.165, 1.54) is 6.07 Å². The number of nitrogens with two attached hydrogens (primary N) is 1. The van der Waals surface area contributed by atoms with Crippen LogP contribution >= 0.6 is 0 Å². The molecule has 92 valence electrons. The first-order valence-corrected chi connectivity index (χ1v) is 5.58. The molecule has 1 fully saturated rings. The van der Waals surface area contributed by atoms with E-state index in [1.54, 1.807) is 17.0 Å². The Hall–Kier alpha value is -1.46. The van der Waals surface area contributed by atoms with Crippen LogP contribution in [0.5, 0.6) is 0 Å². The molecule has 5 heteroatoms. The summed E-state index contributed by atoms with van der Waals surface area (Å²) in [5.74, 6) is -0.581. The van der Waals surface area contributed by atoms with Crippen LogP contribution in [0.3, 0.4) is 0 Å². The lowest BCUT2D eigenvalue weighted by Crippen LogP contribution is -2.40. The summed E-state index contributed by atoms with van der Waals surface area (Å²) in [5.41, 5.74) is 6.15. The van der Waals surface area contributed by atoms with Crippen molar-refractivity contribution < 1.29 is 13.9 Å². The molecule has 0 radical (unpaired) electrons. The fraction of sp³-hybridized carbons (Fsp3) is 0.417. The molecule has 17 heavy (non-hydrogen) atoms. The maximum Gasteiger partial charge on any atom is 0.254 e. The van der Waals surface area contributed by atoms with Crippen LogP contribution in [-0.4, -0.2) is 37.1 Å². The zero-order valence-electron chi connectivity index (χ0n) is 9.49. The number of rotatable bonds is 2. The number of amides is 1. The molecule has 1 aromatic carbocycles. The van der Waals surface area contributed by atoms with Gasteiger partial charge in [-0.2, -0.15) is 0 Å². The van der Waals surface area contributed by atoms with Gasteiger partial charge in [-0.1, -0.05) is 6.07 Å². The summed E-state index contributed by atoms with van der Waals surface area (Å²) in [6.45, 7) is 2.32. The number of carbonyl (C=O) groups excluding carboxylic acids is 1. The second-order valence-electron chi connectivity index (χ2n) is 3.91. The topological polar surface area (TPSA) is 55.6 Å². The molecule has 0 aromatic heterocycles. The molecule has 1 heterocycles. The Kier molecular flexibility index (Phi) is 3.71. The van der Waals surface area contributed by atoms with Crippen LogP contribution in [0, 0.1) is 5.82 Å². The summed E-state index contributed by atoms with van der Waals surface area (Å²) in [7, 11) is 0. The SMILES string of the molecule is NCc1ccc(C(=O)N2CCOCC2)cc1F. The predicted octanol–water partition coefficient (Wildman–Crippen LogP) is 0.757. The quantitative estimate of drug-likeness (QED) is 0.827. The number of halogens is 1. The number of ether oxygens (including phenoxy) is 1. The maximum absolute atomic E-state index is 13.5. The van der Waals surface area contributed by atoms with Crippen molar-refractivity contribution in [3.05, 3.63) is 35.1 Å². The van der Waals surface area contributed by atoms with Gasteiger partial charge in [-0.15, -0.1) is 0 Å². The third kappa shape index (κ3) is 2.62. The normalized spacial score (nSPS) is 16.0. The van der Waals surface area contributed by atoms with E-state index >= 15 is 0 Å². The standard InChI is InChI=1S/C12H15FN2O2/c13-11-7-9(1-2-10(11)8-14)12(16)15-3-5-17-6-4-15/h1-2,7H,3-6,8,14H2. The highest BCUT2D eigenvalue weighted by atomic mass is 19.1. The fourth-order valence-corrected chi connectivity index (χ4v) is 1.79. The first-order chi connectivity index (χ1) is 8.22. The molecule has 1 saturated heterocycles. The van der Waals surface area contributed by atoms with Crippen LogP contribution < -0.4 is 5.73 Å².